The smallest absolute Gasteiger partial charge is 0.137 e. The number of nitrogens with two attached hydrogens (primary N) is 1. The molecule has 0 spiro atoms. The highest BCUT2D eigenvalue weighted by Crippen LogP contribution is 2.20. The molecular formula is C16H22NO2+. The number of quaternary nitrogens is 1. The lowest BCUT2D eigenvalue weighted by Gasteiger charge is -2.13. The lowest BCUT2D eigenvalue weighted by molar-refractivity contribution is -0.688. The first-order valence-electron chi connectivity index (χ1n) is 6.78. The highest BCUT2D eigenvalue weighted by molar-refractivity contribution is 5.83. The van der Waals surface area contributed by atoms with Gasteiger partial charge in [0.2, 0.25) is 0 Å². The third kappa shape index (κ3) is 4.23. The van der Waals surface area contributed by atoms with Gasteiger partial charge in [-0.25, -0.2) is 0 Å². The molecule has 0 aromatic heterocycles. The molecule has 0 fully saturated rings. The van der Waals surface area contributed by atoms with Crippen molar-refractivity contribution in [2.24, 2.45) is 0 Å². The Morgan fingerprint density at radius 1 is 1.11 bits per heavy atom. The SMILES string of the molecule is CC(C)[NH2+]C[C@@H](O)COc1ccc2ccccc2c1. The minimum atomic E-state index is -0.436. The summed E-state index contributed by atoms with van der Waals surface area (Å²) >= 11 is 0. The summed E-state index contributed by atoms with van der Waals surface area (Å²) in [6.07, 6.45) is -0.436. The van der Waals surface area contributed by atoms with E-state index in [4.69, 9.17) is 4.74 Å². The zero-order chi connectivity index (χ0) is 13.7. The molecule has 0 saturated heterocycles. The van der Waals surface area contributed by atoms with Crippen molar-refractivity contribution < 1.29 is 15.2 Å². The molecule has 0 radical (unpaired) electrons. The fraction of sp³-hybridized carbons (Fsp3) is 0.375. The van der Waals surface area contributed by atoms with Crippen LogP contribution in [0.15, 0.2) is 42.5 Å². The van der Waals surface area contributed by atoms with Gasteiger partial charge in [-0.3, -0.25) is 0 Å². The molecule has 0 aliphatic carbocycles. The van der Waals surface area contributed by atoms with Gasteiger partial charge >= 0.3 is 0 Å². The van der Waals surface area contributed by atoms with E-state index in [9.17, 15) is 5.11 Å². The summed E-state index contributed by atoms with van der Waals surface area (Å²) in [5, 5.41) is 14.3. The Morgan fingerprint density at radius 2 is 1.84 bits per heavy atom. The Labute approximate surface area is 114 Å². The number of hydrogen-bond donors (Lipinski definition) is 2. The molecule has 19 heavy (non-hydrogen) atoms. The Morgan fingerprint density at radius 3 is 2.58 bits per heavy atom. The fourth-order valence-corrected chi connectivity index (χ4v) is 1.95. The molecule has 2 aromatic carbocycles. The van der Waals surface area contributed by atoms with Gasteiger partial charge in [0.05, 0.1) is 6.04 Å². The summed E-state index contributed by atoms with van der Waals surface area (Å²) < 4.78 is 5.64. The number of hydrogen-bond acceptors (Lipinski definition) is 2. The molecular weight excluding hydrogens is 238 g/mol. The van der Waals surface area contributed by atoms with Gasteiger partial charge < -0.3 is 15.2 Å². The molecule has 0 amide bonds. The second-order valence-corrected chi connectivity index (χ2v) is 5.19. The van der Waals surface area contributed by atoms with Gasteiger partial charge in [0.25, 0.3) is 0 Å². The lowest BCUT2D eigenvalue weighted by Crippen LogP contribution is -2.90. The van der Waals surface area contributed by atoms with Crippen molar-refractivity contribution >= 4 is 10.8 Å². The van der Waals surface area contributed by atoms with Crippen molar-refractivity contribution in [3.8, 4) is 5.75 Å². The molecule has 2 rings (SSSR count). The van der Waals surface area contributed by atoms with Gasteiger partial charge in [0.15, 0.2) is 0 Å². The maximum Gasteiger partial charge on any atom is 0.137 e. The van der Waals surface area contributed by atoms with Gasteiger partial charge in [0, 0.05) is 0 Å². The minimum absolute atomic E-state index is 0.335. The van der Waals surface area contributed by atoms with Crippen LogP contribution in [0.4, 0.5) is 0 Å². The van der Waals surface area contributed by atoms with Crippen molar-refractivity contribution in [3.63, 3.8) is 0 Å². The number of fused-ring (bicyclic) bond motifs is 1. The average molecular weight is 260 g/mol. The first-order chi connectivity index (χ1) is 9.15. The van der Waals surface area contributed by atoms with E-state index in [0.717, 1.165) is 11.1 Å². The second-order valence-electron chi connectivity index (χ2n) is 5.19. The molecule has 0 unspecified atom stereocenters. The quantitative estimate of drug-likeness (QED) is 0.828. The number of ether oxygens (including phenoxy) is 1. The summed E-state index contributed by atoms with van der Waals surface area (Å²) in [4.78, 5) is 0. The summed E-state index contributed by atoms with van der Waals surface area (Å²) in [6, 6.07) is 14.7. The standard InChI is InChI=1S/C16H21NO2/c1-12(2)17-10-15(18)11-19-16-8-7-13-5-3-4-6-14(13)9-16/h3-9,12,15,17-18H,10-11H2,1-2H3/p+1/t15-/m1/s1. The Balaban J connectivity index is 1.90. The zero-order valence-corrected chi connectivity index (χ0v) is 11.5. The van der Waals surface area contributed by atoms with E-state index in [2.05, 4.69) is 31.3 Å². The van der Waals surface area contributed by atoms with E-state index >= 15 is 0 Å². The van der Waals surface area contributed by atoms with E-state index in [-0.39, 0.29) is 0 Å². The maximum atomic E-state index is 9.82. The summed E-state index contributed by atoms with van der Waals surface area (Å²) in [6.45, 7) is 5.22. The van der Waals surface area contributed by atoms with Gasteiger partial charge in [-0.15, -0.1) is 0 Å². The molecule has 0 aliphatic rings. The minimum Gasteiger partial charge on any atom is -0.491 e. The van der Waals surface area contributed by atoms with Crippen molar-refractivity contribution in [3.05, 3.63) is 42.5 Å². The van der Waals surface area contributed by atoms with Crippen LogP contribution in [0.2, 0.25) is 0 Å². The van der Waals surface area contributed by atoms with E-state index in [0.29, 0.717) is 19.2 Å². The van der Waals surface area contributed by atoms with Crippen LogP contribution in [0, 0.1) is 0 Å². The Hall–Kier alpha value is -1.58. The topological polar surface area (TPSA) is 46.1 Å². The molecule has 3 heteroatoms. The zero-order valence-electron chi connectivity index (χ0n) is 11.5. The molecule has 102 valence electrons. The van der Waals surface area contributed by atoms with Crippen LogP contribution in [0.1, 0.15) is 13.8 Å². The van der Waals surface area contributed by atoms with Crippen LogP contribution in [0.5, 0.6) is 5.75 Å². The largest absolute Gasteiger partial charge is 0.491 e. The van der Waals surface area contributed by atoms with E-state index in [1.54, 1.807) is 0 Å². The normalized spacial score (nSPS) is 12.8. The van der Waals surface area contributed by atoms with Crippen LogP contribution < -0.4 is 10.1 Å². The number of benzene rings is 2. The molecule has 0 bridgehead atoms. The monoisotopic (exact) mass is 260 g/mol. The predicted molar refractivity (Wildman–Crippen MR) is 77.4 cm³/mol. The number of aliphatic hydroxyl groups is 1. The molecule has 0 aliphatic heterocycles. The summed E-state index contributed by atoms with van der Waals surface area (Å²) in [5.74, 6) is 0.808. The number of aliphatic hydroxyl groups excluding tert-OH is 1. The van der Waals surface area contributed by atoms with Crippen LogP contribution in [-0.2, 0) is 0 Å². The lowest BCUT2D eigenvalue weighted by atomic mass is 10.1. The Bertz CT molecular complexity index is 525. The van der Waals surface area contributed by atoms with Crippen molar-refractivity contribution in [1.82, 2.24) is 0 Å². The van der Waals surface area contributed by atoms with Crippen molar-refractivity contribution in [1.29, 1.82) is 0 Å². The second kappa shape index (κ2) is 6.55. The summed E-state index contributed by atoms with van der Waals surface area (Å²) in [5.41, 5.74) is 0. The third-order valence-electron chi connectivity index (χ3n) is 3.04. The maximum absolute atomic E-state index is 9.82. The highest BCUT2D eigenvalue weighted by atomic mass is 16.5. The summed E-state index contributed by atoms with van der Waals surface area (Å²) in [7, 11) is 0. The van der Waals surface area contributed by atoms with E-state index < -0.39 is 6.10 Å². The highest BCUT2D eigenvalue weighted by Gasteiger charge is 2.08. The fourth-order valence-electron chi connectivity index (χ4n) is 1.95. The van der Waals surface area contributed by atoms with Crippen LogP contribution >= 0.6 is 0 Å². The molecule has 3 nitrogen and oxygen atoms in total. The first-order valence-corrected chi connectivity index (χ1v) is 6.78. The first kappa shape index (κ1) is 13.8. The van der Waals surface area contributed by atoms with Crippen LogP contribution in [-0.4, -0.2) is 30.4 Å². The van der Waals surface area contributed by atoms with Gasteiger partial charge in [-0.2, -0.15) is 0 Å². The molecule has 2 aromatic rings. The van der Waals surface area contributed by atoms with Gasteiger partial charge in [0.1, 0.15) is 25.0 Å². The van der Waals surface area contributed by atoms with Crippen molar-refractivity contribution in [2.75, 3.05) is 13.2 Å². The van der Waals surface area contributed by atoms with Crippen LogP contribution in [0.3, 0.4) is 0 Å². The predicted octanol–water partition coefficient (Wildman–Crippen LogP) is 1.55. The van der Waals surface area contributed by atoms with Gasteiger partial charge in [-0.05, 0) is 36.8 Å². The number of rotatable bonds is 6. The van der Waals surface area contributed by atoms with Gasteiger partial charge in [-0.1, -0.05) is 30.3 Å². The van der Waals surface area contributed by atoms with E-state index in [1.165, 1.54) is 5.39 Å². The third-order valence-corrected chi connectivity index (χ3v) is 3.04. The molecule has 3 N–H and O–H groups in total. The Kier molecular flexibility index (Phi) is 4.77. The molecule has 1 atom stereocenters. The average Bonchev–Trinajstić information content (AvgIpc) is 2.42. The molecule has 0 heterocycles. The van der Waals surface area contributed by atoms with E-state index in [1.807, 2.05) is 30.3 Å². The molecule has 0 saturated carbocycles. The van der Waals surface area contributed by atoms with Crippen molar-refractivity contribution in [2.45, 2.75) is 26.0 Å². The van der Waals surface area contributed by atoms with Crippen LogP contribution in [0.25, 0.3) is 10.8 Å².